The second-order valence-corrected chi connectivity index (χ2v) is 6.17. The third-order valence-corrected chi connectivity index (χ3v) is 4.38. The van der Waals surface area contributed by atoms with Crippen LogP contribution in [0.1, 0.15) is 29.9 Å². The maximum Gasteiger partial charge on any atom is 0.356 e. The van der Waals surface area contributed by atoms with Crippen LogP contribution in [0.25, 0.3) is 33.7 Å². The Morgan fingerprint density at radius 1 is 0.833 bits per heavy atom. The van der Waals surface area contributed by atoms with Crippen LogP contribution in [0, 0.1) is 0 Å². The van der Waals surface area contributed by atoms with Crippen molar-refractivity contribution in [2.75, 3.05) is 7.11 Å². The zero-order valence-electron chi connectivity index (χ0n) is 17.2. The molecule has 152 valence electrons. The average molecular weight is 401 g/mol. The third-order valence-electron chi connectivity index (χ3n) is 4.38. The Hall–Kier alpha value is -3.64. The predicted molar refractivity (Wildman–Crippen MR) is 117 cm³/mol. The van der Waals surface area contributed by atoms with Gasteiger partial charge in [0.2, 0.25) is 0 Å². The molecule has 0 saturated carbocycles. The number of rotatable bonds is 4. The normalized spacial score (nSPS) is 10.3. The molecule has 0 aliphatic carbocycles. The summed E-state index contributed by atoms with van der Waals surface area (Å²) in [6.07, 6.45) is 0. The molecular formula is C24H23N3O3. The van der Waals surface area contributed by atoms with E-state index in [-0.39, 0.29) is 12.3 Å². The van der Waals surface area contributed by atoms with E-state index < -0.39 is 5.97 Å². The van der Waals surface area contributed by atoms with Crippen molar-refractivity contribution in [1.82, 2.24) is 15.0 Å². The van der Waals surface area contributed by atoms with Crippen molar-refractivity contribution in [3.05, 3.63) is 78.0 Å². The summed E-state index contributed by atoms with van der Waals surface area (Å²) in [5.41, 5.74) is 5.08. The van der Waals surface area contributed by atoms with Crippen LogP contribution >= 0.6 is 0 Å². The first-order valence-corrected chi connectivity index (χ1v) is 9.72. The number of ether oxygens (including phenoxy) is 1. The highest BCUT2D eigenvalue weighted by Crippen LogP contribution is 2.30. The Kier molecular flexibility index (Phi) is 6.83. The molecule has 30 heavy (non-hydrogen) atoms. The molecule has 1 N–H and O–H groups in total. The first-order valence-electron chi connectivity index (χ1n) is 9.72. The van der Waals surface area contributed by atoms with E-state index in [1.165, 1.54) is 7.11 Å². The first kappa shape index (κ1) is 21.1. The monoisotopic (exact) mass is 401 g/mol. The number of benzene rings is 2. The number of esters is 1. The maximum absolute atomic E-state index is 11.8. The van der Waals surface area contributed by atoms with Crippen LogP contribution in [0.2, 0.25) is 0 Å². The second-order valence-electron chi connectivity index (χ2n) is 6.17. The number of methoxy groups -OCH3 is 1. The molecule has 6 nitrogen and oxygen atoms in total. The molecule has 0 radical (unpaired) electrons. The summed E-state index contributed by atoms with van der Waals surface area (Å²) in [6.45, 7) is 3.97. The number of hydrogen-bond donors (Lipinski definition) is 1. The number of fused-ring (bicyclic) bond motifs is 1. The molecular weight excluding hydrogens is 378 g/mol. The van der Waals surface area contributed by atoms with E-state index in [9.17, 15) is 9.90 Å². The number of aliphatic hydroxyl groups is 1. The molecule has 6 heteroatoms. The second kappa shape index (κ2) is 9.71. The van der Waals surface area contributed by atoms with E-state index in [2.05, 4.69) is 4.98 Å². The Bertz CT molecular complexity index is 1140. The van der Waals surface area contributed by atoms with Crippen molar-refractivity contribution >= 4 is 17.1 Å². The molecule has 0 fully saturated rings. The number of carbonyl (C=O) groups excluding carboxylic acids is 1. The highest BCUT2D eigenvalue weighted by Gasteiger charge is 2.16. The quantitative estimate of drug-likeness (QED) is 0.501. The van der Waals surface area contributed by atoms with Crippen molar-refractivity contribution in [1.29, 1.82) is 0 Å². The smallest absolute Gasteiger partial charge is 0.356 e. The number of aliphatic hydroxyl groups excluding tert-OH is 1. The van der Waals surface area contributed by atoms with Gasteiger partial charge in [0.05, 0.1) is 25.1 Å². The van der Waals surface area contributed by atoms with Crippen LogP contribution in [-0.4, -0.2) is 33.1 Å². The van der Waals surface area contributed by atoms with E-state index in [1.54, 1.807) is 12.1 Å². The van der Waals surface area contributed by atoms with Gasteiger partial charge < -0.3 is 9.84 Å². The zero-order chi connectivity index (χ0) is 21.5. The molecule has 0 amide bonds. The lowest BCUT2D eigenvalue weighted by molar-refractivity contribution is 0.0594. The van der Waals surface area contributed by atoms with Crippen LogP contribution in [0.3, 0.4) is 0 Å². The van der Waals surface area contributed by atoms with Crippen molar-refractivity contribution in [3.8, 4) is 22.5 Å². The number of pyridine rings is 1. The standard InChI is InChI=1S/C22H17N3O3.C2H6/c1-28-22(27)18-12-11-17-21(24-18)25-20(16-9-7-14(13-26)8-10-16)19(23-17)15-5-3-2-4-6-15;1-2/h2-12,26H,13H2,1H3;1-2H3. The van der Waals surface area contributed by atoms with Gasteiger partial charge in [0.1, 0.15) is 5.52 Å². The van der Waals surface area contributed by atoms with E-state index in [4.69, 9.17) is 14.7 Å². The SMILES string of the molecule is CC.COC(=O)c1ccc2nc(-c3ccccc3)c(-c3ccc(CO)cc3)nc2n1. The van der Waals surface area contributed by atoms with Gasteiger partial charge in [-0.25, -0.2) is 19.7 Å². The zero-order valence-corrected chi connectivity index (χ0v) is 17.2. The first-order chi connectivity index (χ1) is 14.7. The molecule has 0 aliphatic heterocycles. The summed E-state index contributed by atoms with van der Waals surface area (Å²) in [6, 6.07) is 20.5. The Morgan fingerprint density at radius 3 is 2.10 bits per heavy atom. The van der Waals surface area contributed by atoms with Crippen LogP contribution in [-0.2, 0) is 11.3 Å². The van der Waals surface area contributed by atoms with Gasteiger partial charge in [0.15, 0.2) is 11.3 Å². The van der Waals surface area contributed by atoms with Gasteiger partial charge in [0, 0.05) is 11.1 Å². The molecule has 4 aromatic rings. The predicted octanol–water partition coefficient (Wildman–Crippen LogP) is 4.66. The highest BCUT2D eigenvalue weighted by molar-refractivity contribution is 5.91. The topological polar surface area (TPSA) is 85.2 Å². The molecule has 4 rings (SSSR count). The lowest BCUT2D eigenvalue weighted by atomic mass is 10.0. The van der Waals surface area contributed by atoms with Crippen LogP contribution in [0.15, 0.2) is 66.7 Å². The van der Waals surface area contributed by atoms with Gasteiger partial charge in [-0.2, -0.15) is 0 Å². The van der Waals surface area contributed by atoms with Crippen molar-refractivity contribution in [3.63, 3.8) is 0 Å². The summed E-state index contributed by atoms with van der Waals surface area (Å²) >= 11 is 0. The van der Waals surface area contributed by atoms with Gasteiger partial charge in [0.25, 0.3) is 0 Å². The summed E-state index contributed by atoms with van der Waals surface area (Å²) in [5.74, 6) is -0.523. The lowest BCUT2D eigenvalue weighted by Crippen LogP contribution is -2.05. The van der Waals surface area contributed by atoms with Gasteiger partial charge >= 0.3 is 5.97 Å². The van der Waals surface area contributed by atoms with E-state index in [1.807, 2.05) is 68.4 Å². The Morgan fingerprint density at radius 2 is 1.47 bits per heavy atom. The van der Waals surface area contributed by atoms with E-state index in [0.717, 1.165) is 22.4 Å². The largest absolute Gasteiger partial charge is 0.464 e. The number of carbonyl (C=O) groups is 1. The van der Waals surface area contributed by atoms with E-state index >= 15 is 0 Å². The highest BCUT2D eigenvalue weighted by atomic mass is 16.5. The van der Waals surface area contributed by atoms with E-state index in [0.29, 0.717) is 16.9 Å². The number of hydrogen-bond acceptors (Lipinski definition) is 6. The molecule has 0 unspecified atom stereocenters. The Labute approximate surface area is 175 Å². The lowest BCUT2D eigenvalue weighted by Gasteiger charge is -2.11. The summed E-state index contributed by atoms with van der Waals surface area (Å²) < 4.78 is 4.75. The maximum atomic E-state index is 11.8. The van der Waals surface area contributed by atoms with Crippen molar-refractivity contribution in [2.24, 2.45) is 0 Å². The third kappa shape index (κ3) is 4.34. The molecule has 0 saturated heterocycles. The fourth-order valence-electron chi connectivity index (χ4n) is 2.93. The van der Waals surface area contributed by atoms with Crippen LogP contribution in [0.5, 0.6) is 0 Å². The minimum absolute atomic E-state index is 0.0285. The van der Waals surface area contributed by atoms with Crippen LogP contribution in [0.4, 0.5) is 0 Å². The van der Waals surface area contributed by atoms with Gasteiger partial charge in [-0.3, -0.25) is 0 Å². The fourth-order valence-corrected chi connectivity index (χ4v) is 2.93. The molecule has 0 aliphatic rings. The molecule has 0 spiro atoms. The summed E-state index contributed by atoms with van der Waals surface area (Å²) in [5, 5.41) is 9.30. The number of aromatic nitrogens is 3. The Balaban J connectivity index is 0.00000124. The molecule has 2 aromatic carbocycles. The van der Waals surface area contributed by atoms with Crippen molar-refractivity contribution < 1.29 is 14.6 Å². The average Bonchev–Trinajstić information content (AvgIpc) is 2.84. The van der Waals surface area contributed by atoms with Crippen molar-refractivity contribution in [2.45, 2.75) is 20.5 Å². The summed E-state index contributed by atoms with van der Waals surface area (Å²) in [4.78, 5) is 25.6. The molecule has 0 atom stereocenters. The minimum atomic E-state index is -0.523. The van der Waals surface area contributed by atoms with Gasteiger partial charge in [-0.1, -0.05) is 68.4 Å². The summed E-state index contributed by atoms with van der Waals surface area (Å²) in [7, 11) is 1.31. The van der Waals surface area contributed by atoms with Gasteiger partial charge in [-0.15, -0.1) is 0 Å². The fraction of sp³-hybridized carbons (Fsp3) is 0.167. The minimum Gasteiger partial charge on any atom is -0.464 e. The molecule has 2 aromatic heterocycles. The number of nitrogens with zero attached hydrogens (tertiary/aromatic N) is 3. The van der Waals surface area contributed by atoms with Gasteiger partial charge in [-0.05, 0) is 17.7 Å². The molecule has 0 bridgehead atoms. The molecule has 2 heterocycles. The van der Waals surface area contributed by atoms with Crippen LogP contribution < -0.4 is 0 Å².